The van der Waals surface area contributed by atoms with Gasteiger partial charge in [-0.2, -0.15) is 0 Å². The largest absolute Gasteiger partial charge is 0.493 e. The van der Waals surface area contributed by atoms with Crippen LogP contribution in [0.3, 0.4) is 0 Å². The van der Waals surface area contributed by atoms with Crippen molar-refractivity contribution in [2.24, 2.45) is 5.92 Å². The van der Waals surface area contributed by atoms with Gasteiger partial charge in [0.25, 0.3) is 0 Å². The molecule has 0 radical (unpaired) electrons. The van der Waals surface area contributed by atoms with Crippen LogP contribution in [0.5, 0.6) is 5.75 Å². The number of unbranched alkanes of at least 4 members (excludes halogenated alkanes) is 3. The van der Waals surface area contributed by atoms with E-state index in [2.05, 4.69) is 50.7 Å². The van der Waals surface area contributed by atoms with E-state index in [4.69, 9.17) is 9.26 Å². The predicted octanol–water partition coefficient (Wildman–Crippen LogP) is 5.92. The van der Waals surface area contributed by atoms with Crippen molar-refractivity contribution in [1.29, 1.82) is 0 Å². The van der Waals surface area contributed by atoms with Crippen molar-refractivity contribution in [2.75, 3.05) is 19.7 Å². The minimum atomic E-state index is 0.754. The second kappa shape index (κ2) is 9.57. The second-order valence-corrected chi connectivity index (χ2v) is 8.56. The van der Waals surface area contributed by atoms with Crippen molar-refractivity contribution in [3.8, 4) is 5.75 Å². The van der Waals surface area contributed by atoms with Crippen LogP contribution in [-0.2, 0) is 0 Å². The monoisotopic (exact) mass is 442 g/mol. The molecule has 1 aliphatic carbocycles. The minimum absolute atomic E-state index is 0.754. The third kappa shape index (κ3) is 5.36. The molecule has 148 valence electrons. The zero-order valence-electron chi connectivity index (χ0n) is 16.1. The van der Waals surface area contributed by atoms with E-state index in [0.717, 1.165) is 59.1 Å². The number of rotatable bonds is 11. The molecule has 28 heavy (non-hydrogen) atoms. The number of fused-ring (bicyclic) bond motifs is 1. The molecule has 3 aromatic rings. The number of benzene rings is 2. The summed E-state index contributed by atoms with van der Waals surface area (Å²) in [4.78, 5) is 0. The first-order valence-corrected chi connectivity index (χ1v) is 11.0. The molecule has 1 aromatic heterocycles. The van der Waals surface area contributed by atoms with Crippen LogP contribution in [0.15, 0.2) is 57.7 Å². The number of hydrogen-bond acceptors (Lipinski definition) is 4. The summed E-state index contributed by atoms with van der Waals surface area (Å²) >= 11 is 3.50. The van der Waals surface area contributed by atoms with E-state index in [1.807, 2.05) is 18.2 Å². The van der Waals surface area contributed by atoms with E-state index in [1.165, 1.54) is 31.2 Å². The van der Waals surface area contributed by atoms with E-state index in [9.17, 15) is 0 Å². The predicted molar refractivity (Wildman–Crippen MR) is 116 cm³/mol. The van der Waals surface area contributed by atoms with Crippen molar-refractivity contribution < 1.29 is 9.26 Å². The molecule has 1 N–H and O–H groups in total. The van der Waals surface area contributed by atoms with E-state index in [0.29, 0.717) is 0 Å². The van der Waals surface area contributed by atoms with E-state index >= 15 is 0 Å². The van der Waals surface area contributed by atoms with Gasteiger partial charge < -0.3 is 14.6 Å². The molecule has 0 spiro atoms. The maximum absolute atomic E-state index is 5.81. The van der Waals surface area contributed by atoms with Crippen LogP contribution in [0.4, 0.5) is 0 Å². The SMILES string of the molecule is Brc1ccc(C2CC2CNCCCCCCOc2ccc3cnoc3c2)cc1. The van der Waals surface area contributed by atoms with Gasteiger partial charge in [-0.3, -0.25) is 0 Å². The second-order valence-electron chi connectivity index (χ2n) is 7.65. The molecule has 2 unspecified atom stereocenters. The Kier molecular flexibility index (Phi) is 6.65. The molecule has 1 aliphatic rings. The highest BCUT2D eigenvalue weighted by Gasteiger charge is 2.37. The molecule has 2 atom stereocenters. The Hall–Kier alpha value is -1.85. The zero-order valence-corrected chi connectivity index (χ0v) is 17.7. The van der Waals surface area contributed by atoms with Crippen molar-refractivity contribution in [1.82, 2.24) is 10.5 Å². The summed E-state index contributed by atoms with van der Waals surface area (Å²) in [7, 11) is 0. The first-order chi connectivity index (χ1) is 13.8. The number of aromatic nitrogens is 1. The highest BCUT2D eigenvalue weighted by Crippen LogP contribution is 2.47. The molecule has 1 fully saturated rings. The molecule has 0 amide bonds. The van der Waals surface area contributed by atoms with Crippen molar-refractivity contribution in [3.05, 3.63) is 58.7 Å². The van der Waals surface area contributed by atoms with Crippen LogP contribution in [0.25, 0.3) is 11.0 Å². The number of hydrogen-bond donors (Lipinski definition) is 1. The third-order valence-electron chi connectivity index (χ3n) is 5.47. The maximum Gasteiger partial charge on any atom is 0.170 e. The van der Waals surface area contributed by atoms with Gasteiger partial charge >= 0.3 is 0 Å². The van der Waals surface area contributed by atoms with Gasteiger partial charge in [-0.25, -0.2) is 0 Å². The van der Waals surface area contributed by atoms with Gasteiger partial charge in [0.05, 0.1) is 12.8 Å². The average molecular weight is 443 g/mol. The summed E-state index contributed by atoms with van der Waals surface area (Å²) in [5.74, 6) is 2.43. The van der Waals surface area contributed by atoms with Crippen LogP contribution in [0.1, 0.15) is 43.6 Å². The van der Waals surface area contributed by atoms with Gasteiger partial charge in [0.2, 0.25) is 0 Å². The number of ether oxygens (including phenoxy) is 1. The number of nitrogens with zero attached hydrogens (tertiary/aromatic N) is 1. The van der Waals surface area contributed by atoms with E-state index in [-0.39, 0.29) is 0 Å². The highest BCUT2D eigenvalue weighted by molar-refractivity contribution is 9.10. The molecule has 0 saturated heterocycles. The Labute approximate surface area is 174 Å². The van der Waals surface area contributed by atoms with Crippen molar-refractivity contribution in [2.45, 2.75) is 38.0 Å². The standard InChI is InChI=1S/C23H27BrN2O2/c24-20-8-5-17(6-9-20)22-13-19(22)15-25-11-3-1-2-4-12-27-21-10-7-18-16-26-28-23(18)14-21/h5-10,14,16,19,22,25H,1-4,11-13,15H2. The van der Waals surface area contributed by atoms with Gasteiger partial charge in [0, 0.05) is 15.9 Å². The van der Waals surface area contributed by atoms with Crippen LogP contribution in [0, 0.1) is 5.92 Å². The Bertz CT molecular complexity index is 878. The molecule has 0 aliphatic heterocycles. The Morgan fingerprint density at radius 3 is 2.82 bits per heavy atom. The summed E-state index contributed by atoms with van der Waals surface area (Å²) in [6.45, 7) is 3.02. The lowest BCUT2D eigenvalue weighted by Gasteiger charge is -2.07. The van der Waals surface area contributed by atoms with Crippen LogP contribution >= 0.6 is 15.9 Å². The van der Waals surface area contributed by atoms with Gasteiger partial charge in [-0.15, -0.1) is 0 Å². The normalized spacial score (nSPS) is 18.5. The van der Waals surface area contributed by atoms with Gasteiger partial charge in [0.15, 0.2) is 5.58 Å². The number of nitrogens with one attached hydrogen (secondary N) is 1. The van der Waals surface area contributed by atoms with Crippen molar-refractivity contribution >= 4 is 26.9 Å². The summed E-state index contributed by atoms with van der Waals surface area (Å²) in [5, 5.41) is 8.43. The summed E-state index contributed by atoms with van der Waals surface area (Å²) in [6.07, 6.45) is 7.82. The van der Waals surface area contributed by atoms with Crippen LogP contribution in [0.2, 0.25) is 0 Å². The molecule has 2 aromatic carbocycles. The summed E-state index contributed by atoms with van der Waals surface area (Å²) < 4.78 is 12.1. The molecule has 0 bridgehead atoms. The fourth-order valence-corrected chi connectivity index (χ4v) is 3.97. The zero-order chi connectivity index (χ0) is 19.2. The van der Waals surface area contributed by atoms with E-state index in [1.54, 1.807) is 6.20 Å². The molecular weight excluding hydrogens is 416 g/mol. The first kappa shape index (κ1) is 19.5. The molecule has 4 rings (SSSR count). The van der Waals surface area contributed by atoms with Gasteiger partial charge in [-0.05, 0) is 74.0 Å². The quantitative estimate of drug-likeness (QED) is 0.374. The van der Waals surface area contributed by atoms with Gasteiger partial charge in [-0.1, -0.05) is 46.1 Å². The highest BCUT2D eigenvalue weighted by atomic mass is 79.9. The Morgan fingerprint density at radius 1 is 1.07 bits per heavy atom. The topological polar surface area (TPSA) is 47.3 Å². The first-order valence-electron chi connectivity index (χ1n) is 10.2. The van der Waals surface area contributed by atoms with Crippen molar-refractivity contribution in [3.63, 3.8) is 0 Å². The smallest absolute Gasteiger partial charge is 0.170 e. The lowest BCUT2D eigenvalue weighted by molar-refractivity contribution is 0.304. The molecular formula is C23H27BrN2O2. The summed E-state index contributed by atoms with van der Waals surface area (Å²) in [6, 6.07) is 14.7. The molecule has 1 saturated carbocycles. The van der Waals surface area contributed by atoms with Gasteiger partial charge in [0.1, 0.15) is 5.75 Å². The lowest BCUT2D eigenvalue weighted by atomic mass is 10.1. The molecule has 5 heteroatoms. The third-order valence-corrected chi connectivity index (χ3v) is 6.00. The minimum Gasteiger partial charge on any atom is -0.493 e. The van der Waals surface area contributed by atoms with Crippen LogP contribution < -0.4 is 10.1 Å². The van der Waals surface area contributed by atoms with E-state index < -0.39 is 0 Å². The summed E-state index contributed by atoms with van der Waals surface area (Å²) in [5.41, 5.74) is 2.26. The average Bonchev–Trinajstić information content (AvgIpc) is 3.32. The fraction of sp³-hybridized carbons (Fsp3) is 0.435. The Morgan fingerprint density at radius 2 is 1.93 bits per heavy atom. The lowest BCUT2D eigenvalue weighted by Crippen LogP contribution is -2.18. The maximum atomic E-state index is 5.81. The molecule has 4 nitrogen and oxygen atoms in total. The molecule has 1 heterocycles. The fourth-order valence-electron chi connectivity index (χ4n) is 3.70. The Balaban J connectivity index is 1.01. The van der Waals surface area contributed by atoms with Crippen LogP contribution in [-0.4, -0.2) is 24.9 Å². The number of halogens is 1.